The number of nitriles is 1. The number of rotatable bonds is 2. The van der Waals surface area contributed by atoms with Gasteiger partial charge in [-0.1, -0.05) is 6.07 Å². The van der Waals surface area contributed by atoms with Crippen LogP contribution in [0.4, 0.5) is 5.82 Å². The van der Waals surface area contributed by atoms with Crippen molar-refractivity contribution in [3.05, 3.63) is 41.3 Å². The minimum atomic E-state index is 0.358. The van der Waals surface area contributed by atoms with Crippen LogP contribution < -0.4 is 5.32 Å². The van der Waals surface area contributed by atoms with E-state index in [1.54, 1.807) is 6.07 Å². The van der Waals surface area contributed by atoms with Gasteiger partial charge in [-0.15, -0.1) is 0 Å². The average Bonchev–Trinajstić information content (AvgIpc) is 2.86. The molecular formula is C13H13N5. The van der Waals surface area contributed by atoms with Gasteiger partial charge in [-0.25, -0.2) is 4.98 Å². The van der Waals surface area contributed by atoms with Gasteiger partial charge in [-0.05, 0) is 37.0 Å². The number of pyridine rings is 1. The van der Waals surface area contributed by atoms with Crippen LogP contribution in [0.25, 0.3) is 0 Å². The molecule has 90 valence electrons. The van der Waals surface area contributed by atoms with Gasteiger partial charge in [-0.3, -0.25) is 5.10 Å². The van der Waals surface area contributed by atoms with Crippen LogP contribution in [-0.2, 0) is 12.8 Å². The fourth-order valence-electron chi connectivity index (χ4n) is 2.33. The Bertz CT molecular complexity index is 595. The maximum Gasteiger partial charge on any atom is 0.142 e. The second-order valence-corrected chi connectivity index (χ2v) is 4.48. The van der Waals surface area contributed by atoms with Crippen molar-refractivity contribution in [3.63, 3.8) is 0 Å². The van der Waals surface area contributed by atoms with Crippen molar-refractivity contribution in [1.29, 1.82) is 5.26 Å². The molecular weight excluding hydrogens is 226 g/mol. The van der Waals surface area contributed by atoms with Crippen LogP contribution in [0, 0.1) is 11.3 Å². The normalized spacial score (nSPS) is 17.8. The predicted molar refractivity (Wildman–Crippen MR) is 67.0 cm³/mol. The van der Waals surface area contributed by atoms with E-state index in [9.17, 15) is 0 Å². The molecule has 2 aromatic heterocycles. The summed E-state index contributed by atoms with van der Waals surface area (Å²) in [4.78, 5) is 4.23. The Labute approximate surface area is 105 Å². The number of anilines is 1. The summed E-state index contributed by atoms with van der Waals surface area (Å²) in [6.45, 7) is 0. The van der Waals surface area contributed by atoms with Gasteiger partial charge in [0, 0.05) is 11.7 Å². The SMILES string of the molecule is N#Cc1cccc(NC2CCc3[nH]ncc3C2)n1. The highest BCUT2D eigenvalue weighted by Gasteiger charge is 2.20. The third-order valence-electron chi connectivity index (χ3n) is 3.23. The summed E-state index contributed by atoms with van der Waals surface area (Å²) in [5.74, 6) is 0.769. The van der Waals surface area contributed by atoms with Crippen molar-refractivity contribution >= 4 is 5.82 Å². The van der Waals surface area contributed by atoms with Crippen LogP contribution in [0.5, 0.6) is 0 Å². The summed E-state index contributed by atoms with van der Waals surface area (Å²) >= 11 is 0. The molecule has 0 radical (unpaired) electrons. The van der Waals surface area contributed by atoms with E-state index >= 15 is 0 Å². The number of nitrogens with zero attached hydrogens (tertiary/aromatic N) is 3. The lowest BCUT2D eigenvalue weighted by Crippen LogP contribution is -2.27. The lowest BCUT2D eigenvalue weighted by molar-refractivity contribution is 0.602. The highest BCUT2D eigenvalue weighted by molar-refractivity contribution is 5.40. The fraction of sp³-hybridized carbons (Fsp3) is 0.308. The summed E-state index contributed by atoms with van der Waals surface area (Å²) in [5.41, 5.74) is 2.96. The number of nitrogens with one attached hydrogen (secondary N) is 2. The molecule has 1 aliphatic rings. The second-order valence-electron chi connectivity index (χ2n) is 4.48. The molecule has 2 aromatic rings. The van der Waals surface area contributed by atoms with E-state index in [1.807, 2.05) is 24.4 Å². The van der Waals surface area contributed by atoms with Gasteiger partial charge in [0.05, 0.1) is 6.20 Å². The Morgan fingerprint density at radius 1 is 1.44 bits per heavy atom. The predicted octanol–water partition coefficient (Wildman–Crippen LogP) is 1.65. The maximum absolute atomic E-state index is 8.82. The van der Waals surface area contributed by atoms with E-state index in [4.69, 9.17) is 5.26 Å². The molecule has 0 fully saturated rings. The van der Waals surface area contributed by atoms with E-state index in [1.165, 1.54) is 11.3 Å². The molecule has 5 nitrogen and oxygen atoms in total. The zero-order valence-electron chi connectivity index (χ0n) is 9.85. The Kier molecular flexibility index (Phi) is 2.69. The lowest BCUT2D eigenvalue weighted by Gasteiger charge is -2.23. The summed E-state index contributed by atoms with van der Waals surface area (Å²) in [6.07, 6.45) is 4.89. The van der Waals surface area contributed by atoms with Crippen LogP contribution in [0.1, 0.15) is 23.4 Å². The smallest absolute Gasteiger partial charge is 0.142 e. The van der Waals surface area contributed by atoms with E-state index < -0.39 is 0 Å². The summed E-state index contributed by atoms with van der Waals surface area (Å²) in [5, 5.41) is 19.3. The third-order valence-corrected chi connectivity index (χ3v) is 3.23. The molecule has 0 aliphatic heterocycles. The molecule has 0 bridgehead atoms. The van der Waals surface area contributed by atoms with Gasteiger partial charge in [0.1, 0.15) is 17.6 Å². The third kappa shape index (κ3) is 2.05. The monoisotopic (exact) mass is 239 g/mol. The van der Waals surface area contributed by atoms with Crippen LogP contribution in [0.15, 0.2) is 24.4 Å². The maximum atomic E-state index is 8.82. The number of H-pyrrole nitrogens is 1. The average molecular weight is 239 g/mol. The van der Waals surface area contributed by atoms with Gasteiger partial charge in [0.2, 0.25) is 0 Å². The van der Waals surface area contributed by atoms with Crippen LogP contribution in [0.2, 0.25) is 0 Å². The standard InChI is InChI=1S/C13H13N5/c14-7-11-2-1-3-13(17-11)16-10-4-5-12-9(6-10)8-15-18-12/h1-3,8,10H,4-6H2,(H,15,18)(H,16,17). The first-order valence-electron chi connectivity index (χ1n) is 6.00. The Morgan fingerprint density at radius 3 is 3.28 bits per heavy atom. The Hall–Kier alpha value is -2.35. The van der Waals surface area contributed by atoms with Crippen molar-refractivity contribution in [2.45, 2.75) is 25.3 Å². The van der Waals surface area contributed by atoms with Crippen LogP contribution in [-0.4, -0.2) is 21.2 Å². The first kappa shape index (κ1) is 10.8. The summed E-state index contributed by atoms with van der Waals surface area (Å²) < 4.78 is 0. The quantitative estimate of drug-likeness (QED) is 0.835. The highest BCUT2D eigenvalue weighted by Crippen LogP contribution is 2.21. The molecule has 3 rings (SSSR count). The van der Waals surface area contributed by atoms with Gasteiger partial charge in [0.15, 0.2) is 0 Å². The van der Waals surface area contributed by atoms with Crippen molar-refractivity contribution in [3.8, 4) is 6.07 Å². The van der Waals surface area contributed by atoms with Gasteiger partial charge in [0.25, 0.3) is 0 Å². The largest absolute Gasteiger partial charge is 0.367 e. The minimum absolute atomic E-state index is 0.358. The van der Waals surface area contributed by atoms with E-state index in [0.717, 1.165) is 25.1 Å². The lowest BCUT2D eigenvalue weighted by atomic mass is 9.93. The van der Waals surface area contributed by atoms with Crippen molar-refractivity contribution in [1.82, 2.24) is 15.2 Å². The number of aromatic nitrogens is 3. The summed E-state index contributed by atoms with van der Waals surface area (Å²) in [7, 11) is 0. The van der Waals surface area contributed by atoms with Gasteiger partial charge >= 0.3 is 0 Å². The zero-order valence-corrected chi connectivity index (χ0v) is 9.85. The molecule has 0 saturated carbocycles. The first-order valence-corrected chi connectivity index (χ1v) is 6.00. The number of aromatic amines is 1. The molecule has 2 N–H and O–H groups in total. The molecule has 1 unspecified atom stereocenters. The zero-order chi connectivity index (χ0) is 12.4. The molecule has 0 spiro atoms. The molecule has 18 heavy (non-hydrogen) atoms. The number of fused-ring (bicyclic) bond motifs is 1. The first-order chi connectivity index (χ1) is 8.85. The van der Waals surface area contributed by atoms with Crippen LogP contribution >= 0.6 is 0 Å². The molecule has 0 amide bonds. The second kappa shape index (κ2) is 4.49. The topological polar surface area (TPSA) is 77.4 Å². The molecule has 2 heterocycles. The fourth-order valence-corrected chi connectivity index (χ4v) is 2.33. The van der Waals surface area contributed by atoms with Crippen LogP contribution in [0.3, 0.4) is 0 Å². The molecule has 1 aliphatic carbocycles. The van der Waals surface area contributed by atoms with Crippen molar-refractivity contribution in [2.75, 3.05) is 5.32 Å². The van der Waals surface area contributed by atoms with Crippen molar-refractivity contribution < 1.29 is 0 Å². The van der Waals surface area contributed by atoms with Gasteiger partial charge in [-0.2, -0.15) is 10.4 Å². The highest BCUT2D eigenvalue weighted by atomic mass is 15.1. The summed E-state index contributed by atoms with van der Waals surface area (Å²) in [6, 6.07) is 7.86. The van der Waals surface area contributed by atoms with E-state index in [2.05, 4.69) is 20.5 Å². The molecule has 1 atom stereocenters. The van der Waals surface area contributed by atoms with Gasteiger partial charge < -0.3 is 5.32 Å². The number of aryl methyl sites for hydroxylation is 1. The van der Waals surface area contributed by atoms with E-state index in [-0.39, 0.29) is 0 Å². The molecule has 0 saturated heterocycles. The Balaban J connectivity index is 1.73. The number of hydrogen-bond acceptors (Lipinski definition) is 4. The number of hydrogen-bond donors (Lipinski definition) is 2. The minimum Gasteiger partial charge on any atom is -0.367 e. The van der Waals surface area contributed by atoms with Crippen molar-refractivity contribution in [2.24, 2.45) is 0 Å². The van der Waals surface area contributed by atoms with E-state index in [0.29, 0.717) is 11.7 Å². The Morgan fingerprint density at radius 2 is 2.39 bits per heavy atom. The molecule has 0 aromatic carbocycles. The molecule has 5 heteroatoms.